The fourth-order valence-electron chi connectivity index (χ4n) is 1.11. The van der Waals surface area contributed by atoms with Crippen LogP contribution in [0.25, 0.3) is 0 Å². The normalized spacial score (nSPS) is 13.9. The molecule has 0 aliphatic rings. The van der Waals surface area contributed by atoms with Crippen molar-refractivity contribution in [2.45, 2.75) is 4.83 Å². The van der Waals surface area contributed by atoms with Crippen LogP contribution in [0.1, 0.15) is 10.4 Å². The lowest BCUT2D eigenvalue weighted by Crippen LogP contribution is -2.09. The van der Waals surface area contributed by atoms with Crippen LogP contribution in [-0.2, 0) is 9.84 Å². The van der Waals surface area contributed by atoms with Crippen LogP contribution in [-0.4, -0.2) is 20.4 Å². The van der Waals surface area contributed by atoms with Gasteiger partial charge in [-0.25, -0.2) is 17.2 Å². The molecule has 0 N–H and O–H groups in total. The Hall–Kier alpha value is -0.490. The first-order valence-corrected chi connectivity index (χ1v) is 7.04. The molecule has 1 unspecified atom stereocenters. The molecule has 1 aromatic rings. The maximum absolute atomic E-state index is 13.2. The molecule has 0 saturated heterocycles. The molecule has 1 aromatic carbocycles. The average molecular weight is 299 g/mol. The number of sulfone groups is 1. The summed E-state index contributed by atoms with van der Waals surface area (Å²) >= 11 is 3.06. The van der Waals surface area contributed by atoms with Gasteiger partial charge in [-0.3, -0.25) is 0 Å². The second-order valence-corrected chi connectivity index (χ2v) is 6.52. The first-order chi connectivity index (χ1) is 6.79. The first-order valence-electron chi connectivity index (χ1n) is 4.06. The van der Waals surface area contributed by atoms with E-state index in [0.717, 1.165) is 18.4 Å². The topological polar surface area (TPSA) is 34.1 Å². The quantitative estimate of drug-likeness (QED) is 0.803. The molecule has 1 atom stereocenters. The molecule has 0 spiro atoms. The predicted octanol–water partition coefficient (Wildman–Crippen LogP) is 2.45. The fraction of sp³-hybridized carbons (Fsp3) is 0.333. The van der Waals surface area contributed by atoms with Crippen molar-refractivity contribution in [3.63, 3.8) is 0 Å². The molecule has 0 aromatic heterocycles. The van der Waals surface area contributed by atoms with E-state index in [9.17, 15) is 17.2 Å². The van der Waals surface area contributed by atoms with E-state index in [1.165, 1.54) is 6.07 Å². The van der Waals surface area contributed by atoms with Gasteiger partial charge >= 0.3 is 0 Å². The van der Waals surface area contributed by atoms with E-state index < -0.39 is 26.3 Å². The Kier molecular flexibility index (Phi) is 3.83. The van der Waals surface area contributed by atoms with Gasteiger partial charge in [-0.2, -0.15) is 0 Å². The minimum Gasteiger partial charge on any atom is -0.229 e. The van der Waals surface area contributed by atoms with Crippen LogP contribution >= 0.6 is 15.9 Å². The molecule has 2 nitrogen and oxygen atoms in total. The Labute approximate surface area is 95.4 Å². The van der Waals surface area contributed by atoms with E-state index in [0.29, 0.717) is 0 Å². The van der Waals surface area contributed by atoms with Gasteiger partial charge in [0.05, 0.1) is 10.6 Å². The van der Waals surface area contributed by atoms with Crippen molar-refractivity contribution in [2.75, 3.05) is 12.0 Å². The number of hydrogen-bond donors (Lipinski definition) is 0. The second kappa shape index (κ2) is 4.57. The molecule has 0 fully saturated rings. The van der Waals surface area contributed by atoms with Gasteiger partial charge in [-0.05, 0) is 6.07 Å². The van der Waals surface area contributed by atoms with Gasteiger partial charge in [0.15, 0.2) is 0 Å². The molecule has 0 heterocycles. The van der Waals surface area contributed by atoms with E-state index in [1.54, 1.807) is 0 Å². The van der Waals surface area contributed by atoms with Crippen LogP contribution in [0.5, 0.6) is 0 Å². The van der Waals surface area contributed by atoms with E-state index in [4.69, 9.17) is 0 Å². The van der Waals surface area contributed by atoms with Gasteiger partial charge in [0.1, 0.15) is 21.5 Å². The highest BCUT2D eigenvalue weighted by atomic mass is 79.9. The van der Waals surface area contributed by atoms with Crippen molar-refractivity contribution in [3.8, 4) is 0 Å². The van der Waals surface area contributed by atoms with E-state index in [1.807, 2.05) is 0 Å². The van der Waals surface area contributed by atoms with Crippen LogP contribution in [0.4, 0.5) is 8.78 Å². The van der Waals surface area contributed by atoms with Crippen LogP contribution in [0.3, 0.4) is 0 Å². The van der Waals surface area contributed by atoms with Crippen LogP contribution in [0.15, 0.2) is 18.2 Å². The maximum atomic E-state index is 13.2. The fourth-order valence-corrected chi connectivity index (χ4v) is 3.63. The molecule has 6 heteroatoms. The predicted molar refractivity (Wildman–Crippen MR) is 57.7 cm³/mol. The van der Waals surface area contributed by atoms with Crippen LogP contribution in [0.2, 0.25) is 0 Å². The third kappa shape index (κ3) is 3.87. The van der Waals surface area contributed by atoms with Gasteiger partial charge < -0.3 is 0 Å². The Morgan fingerprint density at radius 2 is 2.00 bits per heavy atom. The highest BCUT2D eigenvalue weighted by Crippen LogP contribution is 2.26. The Morgan fingerprint density at radius 1 is 1.40 bits per heavy atom. The number of alkyl halides is 1. The summed E-state index contributed by atoms with van der Waals surface area (Å²) in [4.78, 5) is -0.659. The maximum Gasteiger partial charge on any atom is 0.148 e. The summed E-state index contributed by atoms with van der Waals surface area (Å²) in [5, 5.41) is 0. The van der Waals surface area contributed by atoms with Crippen LogP contribution < -0.4 is 0 Å². The van der Waals surface area contributed by atoms with Crippen LogP contribution in [0, 0.1) is 11.6 Å². The lowest BCUT2D eigenvalue weighted by atomic mass is 10.1. The SMILES string of the molecule is CS(=O)(=O)CC(Br)c1ccc(F)cc1F. The number of hydrogen-bond acceptors (Lipinski definition) is 2. The molecule has 0 radical (unpaired) electrons. The zero-order chi connectivity index (χ0) is 11.6. The lowest BCUT2D eigenvalue weighted by Gasteiger charge is -2.09. The summed E-state index contributed by atoms with van der Waals surface area (Å²) in [6.45, 7) is 0. The molecule has 0 amide bonds. The van der Waals surface area contributed by atoms with Crippen molar-refractivity contribution in [3.05, 3.63) is 35.4 Å². The monoisotopic (exact) mass is 298 g/mol. The second-order valence-electron chi connectivity index (χ2n) is 3.23. The number of benzene rings is 1. The zero-order valence-corrected chi connectivity index (χ0v) is 10.3. The van der Waals surface area contributed by atoms with Gasteiger partial charge in [-0.15, -0.1) is 0 Å². The molecule has 1 rings (SSSR count). The Morgan fingerprint density at radius 3 is 2.47 bits per heavy atom. The number of rotatable bonds is 3. The van der Waals surface area contributed by atoms with Gasteiger partial charge in [0, 0.05) is 17.9 Å². The van der Waals surface area contributed by atoms with Gasteiger partial charge in [0.25, 0.3) is 0 Å². The summed E-state index contributed by atoms with van der Waals surface area (Å²) in [7, 11) is -3.21. The van der Waals surface area contributed by atoms with E-state index >= 15 is 0 Å². The standard InChI is InChI=1S/C9H9BrF2O2S/c1-15(13,14)5-8(10)7-3-2-6(11)4-9(7)12/h2-4,8H,5H2,1H3. The third-order valence-electron chi connectivity index (χ3n) is 1.75. The van der Waals surface area contributed by atoms with E-state index in [2.05, 4.69) is 15.9 Å². The third-order valence-corrected chi connectivity index (χ3v) is 3.93. The van der Waals surface area contributed by atoms with Crippen molar-refractivity contribution in [1.82, 2.24) is 0 Å². The minimum atomic E-state index is -3.21. The molecule has 0 aliphatic carbocycles. The van der Waals surface area contributed by atoms with Crippen molar-refractivity contribution < 1.29 is 17.2 Å². The highest BCUT2D eigenvalue weighted by Gasteiger charge is 2.17. The molecule has 0 saturated carbocycles. The minimum absolute atomic E-state index is 0.141. The largest absolute Gasteiger partial charge is 0.229 e. The highest BCUT2D eigenvalue weighted by molar-refractivity contribution is 9.09. The van der Waals surface area contributed by atoms with E-state index in [-0.39, 0.29) is 11.3 Å². The Balaban J connectivity index is 2.97. The lowest BCUT2D eigenvalue weighted by molar-refractivity contribution is 0.572. The first kappa shape index (κ1) is 12.6. The molecule has 0 bridgehead atoms. The average Bonchev–Trinajstić information content (AvgIpc) is 1.99. The summed E-state index contributed by atoms with van der Waals surface area (Å²) < 4.78 is 47.7. The molecule has 0 aliphatic heterocycles. The Bertz CT molecular complexity index is 459. The van der Waals surface area contributed by atoms with Gasteiger partial charge in [0.2, 0.25) is 0 Å². The summed E-state index contributed by atoms with van der Waals surface area (Å²) in [6.07, 6.45) is 1.06. The van der Waals surface area contributed by atoms with Crippen molar-refractivity contribution >= 4 is 25.8 Å². The molecule has 15 heavy (non-hydrogen) atoms. The zero-order valence-electron chi connectivity index (χ0n) is 7.88. The molecule has 84 valence electrons. The summed E-state index contributed by atoms with van der Waals surface area (Å²) in [5.41, 5.74) is 0.141. The summed E-state index contributed by atoms with van der Waals surface area (Å²) in [5.74, 6) is -1.66. The molecular weight excluding hydrogens is 290 g/mol. The van der Waals surface area contributed by atoms with Gasteiger partial charge in [-0.1, -0.05) is 22.0 Å². The smallest absolute Gasteiger partial charge is 0.148 e. The van der Waals surface area contributed by atoms with Crippen molar-refractivity contribution in [2.24, 2.45) is 0 Å². The summed E-state index contributed by atoms with van der Waals surface area (Å²) in [6, 6.07) is 3.05. The molecular formula is C9H9BrF2O2S. The number of halogens is 3. The van der Waals surface area contributed by atoms with Crippen molar-refractivity contribution in [1.29, 1.82) is 0 Å².